The van der Waals surface area contributed by atoms with E-state index in [4.69, 9.17) is 10.9 Å². The van der Waals surface area contributed by atoms with Gasteiger partial charge in [-0.15, -0.1) is 0 Å². The van der Waals surface area contributed by atoms with E-state index in [1.165, 1.54) is 0 Å². The zero-order chi connectivity index (χ0) is 14.0. The SMILES string of the molecule is CC(C(N)=NO)N(C)Cc1nn(C)c2ccccc12. The van der Waals surface area contributed by atoms with E-state index in [2.05, 4.69) is 16.3 Å². The molecule has 1 atom stereocenters. The fraction of sp³-hybridized carbons (Fsp3) is 0.385. The van der Waals surface area contributed by atoms with Gasteiger partial charge in [0.05, 0.1) is 17.3 Å². The van der Waals surface area contributed by atoms with Crippen LogP contribution >= 0.6 is 0 Å². The molecule has 1 aromatic heterocycles. The van der Waals surface area contributed by atoms with Crippen LogP contribution in [0.2, 0.25) is 0 Å². The first-order chi connectivity index (χ1) is 9.04. The molecule has 0 amide bonds. The Morgan fingerprint density at radius 3 is 2.89 bits per heavy atom. The standard InChI is InChI=1S/C13H19N5O/c1-9(13(14)16-19)17(2)8-11-10-6-4-5-7-12(10)18(3)15-11/h4-7,9,19H,8H2,1-3H3,(H2,14,16). The Kier molecular flexibility index (Phi) is 3.71. The van der Waals surface area contributed by atoms with Crippen LogP contribution in [0.25, 0.3) is 10.9 Å². The van der Waals surface area contributed by atoms with Gasteiger partial charge in [-0.05, 0) is 20.0 Å². The number of hydrogen-bond acceptors (Lipinski definition) is 4. The van der Waals surface area contributed by atoms with Gasteiger partial charge in [0.1, 0.15) is 0 Å². The molecule has 1 heterocycles. The number of aromatic nitrogens is 2. The molecule has 1 aromatic carbocycles. The smallest absolute Gasteiger partial charge is 0.156 e. The summed E-state index contributed by atoms with van der Waals surface area (Å²) in [7, 11) is 3.85. The summed E-state index contributed by atoms with van der Waals surface area (Å²) < 4.78 is 1.87. The summed E-state index contributed by atoms with van der Waals surface area (Å²) in [6, 6.07) is 7.95. The molecular weight excluding hydrogens is 242 g/mol. The molecule has 0 spiro atoms. The molecule has 0 bridgehead atoms. The lowest BCUT2D eigenvalue weighted by atomic mass is 10.2. The number of hydrogen-bond donors (Lipinski definition) is 2. The molecule has 6 nitrogen and oxygen atoms in total. The monoisotopic (exact) mass is 261 g/mol. The van der Waals surface area contributed by atoms with Crippen LogP contribution in [0.15, 0.2) is 29.4 Å². The van der Waals surface area contributed by atoms with Gasteiger partial charge in [0, 0.05) is 19.0 Å². The number of nitrogens with two attached hydrogens (primary N) is 1. The van der Waals surface area contributed by atoms with E-state index in [-0.39, 0.29) is 11.9 Å². The zero-order valence-corrected chi connectivity index (χ0v) is 11.4. The molecule has 19 heavy (non-hydrogen) atoms. The van der Waals surface area contributed by atoms with E-state index >= 15 is 0 Å². The fourth-order valence-corrected chi connectivity index (χ4v) is 2.09. The molecule has 0 radical (unpaired) electrons. The van der Waals surface area contributed by atoms with Crippen LogP contribution in [-0.2, 0) is 13.6 Å². The van der Waals surface area contributed by atoms with E-state index in [0.29, 0.717) is 6.54 Å². The maximum atomic E-state index is 8.71. The maximum Gasteiger partial charge on any atom is 0.156 e. The normalized spacial score (nSPS) is 14.2. The van der Waals surface area contributed by atoms with Crippen molar-refractivity contribution in [3.05, 3.63) is 30.0 Å². The summed E-state index contributed by atoms with van der Waals surface area (Å²) in [5, 5.41) is 17.4. The first kappa shape index (κ1) is 13.4. The number of benzene rings is 1. The lowest BCUT2D eigenvalue weighted by Crippen LogP contribution is -2.40. The first-order valence-electron chi connectivity index (χ1n) is 6.13. The van der Waals surface area contributed by atoms with Crippen LogP contribution in [-0.4, -0.2) is 38.8 Å². The van der Waals surface area contributed by atoms with Crippen molar-refractivity contribution >= 4 is 16.7 Å². The van der Waals surface area contributed by atoms with E-state index in [1.807, 2.05) is 48.8 Å². The van der Waals surface area contributed by atoms with Gasteiger partial charge in [-0.3, -0.25) is 9.58 Å². The average molecular weight is 261 g/mol. The third-order valence-electron chi connectivity index (χ3n) is 3.44. The largest absolute Gasteiger partial charge is 0.409 e. The van der Waals surface area contributed by atoms with Crippen molar-refractivity contribution in [1.29, 1.82) is 0 Å². The second-order valence-corrected chi connectivity index (χ2v) is 4.70. The van der Waals surface area contributed by atoms with Crippen molar-refractivity contribution in [2.24, 2.45) is 17.9 Å². The Bertz CT molecular complexity index is 604. The molecule has 0 aliphatic heterocycles. The highest BCUT2D eigenvalue weighted by Gasteiger charge is 2.17. The quantitative estimate of drug-likeness (QED) is 0.374. The van der Waals surface area contributed by atoms with Gasteiger partial charge in [0.25, 0.3) is 0 Å². The van der Waals surface area contributed by atoms with Gasteiger partial charge in [0.2, 0.25) is 0 Å². The Balaban J connectivity index is 2.27. The van der Waals surface area contributed by atoms with Crippen LogP contribution in [0, 0.1) is 0 Å². The van der Waals surface area contributed by atoms with Crippen LogP contribution in [0.3, 0.4) is 0 Å². The number of oxime groups is 1. The Hall–Kier alpha value is -2.08. The Morgan fingerprint density at radius 1 is 1.53 bits per heavy atom. The summed E-state index contributed by atoms with van der Waals surface area (Å²) >= 11 is 0. The first-order valence-corrected chi connectivity index (χ1v) is 6.13. The number of rotatable bonds is 4. The predicted molar refractivity (Wildman–Crippen MR) is 75.1 cm³/mol. The minimum atomic E-state index is -0.147. The molecule has 2 aromatic rings. The van der Waals surface area contributed by atoms with Crippen LogP contribution < -0.4 is 5.73 Å². The van der Waals surface area contributed by atoms with Crippen LogP contribution in [0.5, 0.6) is 0 Å². The zero-order valence-electron chi connectivity index (χ0n) is 11.4. The Labute approximate surface area is 112 Å². The van der Waals surface area contributed by atoms with Gasteiger partial charge in [0.15, 0.2) is 5.84 Å². The molecule has 0 fully saturated rings. The van der Waals surface area contributed by atoms with Crippen molar-refractivity contribution in [3.63, 3.8) is 0 Å². The molecule has 0 saturated heterocycles. The highest BCUT2D eigenvalue weighted by atomic mass is 16.4. The van der Waals surface area contributed by atoms with Crippen LogP contribution in [0.4, 0.5) is 0 Å². The topological polar surface area (TPSA) is 79.7 Å². The van der Waals surface area contributed by atoms with Crippen molar-refractivity contribution in [1.82, 2.24) is 14.7 Å². The average Bonchev–Trinajstić information content (AvgIpc) is 2.74. The third kappa shape index (κ3) is 2.53. The van der Waals surface area contributed by atoms with Gasteiger partial charge < -0.3 is 10.9 Å². The minimum Gasteiger partial charge on any atom is -0.409 e. The Morgan fingerprint density at radius 2 is 2.21 bits per heavy atom. The molecule has 2 rings (SSSR count). The molecule has 3 N–H and O–H groups in total. The summed E-state index contributed by atoms with van der Waals surface area (Å²) in [4.78, 5) is 1.99. The maximum absolute atomic E-state index is 8.71. The van der Waals surface area contributed by atoms with Crippen molar-refractivity contribution < 1.29 is 5.21 Å². The van der Waals surface area contributed by atoms with Crippen LogP contribution in [0.1, 0.15) is 12.6 Å². The summed E-state index contributed by atoms with van der Waals surface area (Å²) in [5.41, 5.74) is 7.71. The minimum absolute atomic E-state index is 0.147. The molecule has 0 aliphatic carbocycles. The lowest BCUT2D eigenvalue weighted by Gasteiger charge is -2.22. The third-order valence-corrected chi connectivity index (χ3v) is 3.44. The summed E-state index contributed by atoms with van der Waals surface area (Å²) in [5.74, 6) is 0.197. The lowest BCUT2D eigenvalue weighted by molar-refractivity contribution is 0.277. The highest BCUT2D eigenvalue weighted by Crippen LogP contribution is 2.19. The summed E-state index contributed by atoms with van der Waals surface area (Å²) in [6.45, 7) is 2.53. The van der Waals surface area contributed by atoms with Crippen molar-refractivity contribution in [2.75, 3.05) is 7.05 Å². The van der Waals surface area contributed by atoms with Gasteiger partial charge >= 0.3 is 0 Å². The number of likely N-dealkylation sites (N-methyl/N-ethyl adjacent to an activating group) is 1. The molecule has 102 valence electrons. The van der Waals surface area contributed by atoms with Crippen molar-refractivity contribution in [3.8, 4) is 0 Å². The molecular formula is C13H19N5O. The molecule has 6 heteroatoms. The predicted octanol–water partition coefficient (Wildman–Crippen LogP) is 1.14. The highest BCUT2D eigenvalue weighted by molar-refractivity contribution is 5.85. The number of aryl methyl sites for hydroxylation is 1. The number of para-hydroxylation sites is 1. The molecule has 1 unspecified atom stereocenters. The second-order valence-electron chi connectivity index (χ2n) is 4.70. The number of fused-ring (bicyclic) bond motifs is 1. The van der Waals surface area contributed by atoms with Gasteiger partial charge in [-0.25, -0.2) is 0 Å². The molecule has 0 saturated carbocycles. The fourth-order valence-electron chi connectivity index (χ4n) is 2.09. The van der Waals surface area contributed by atoms with Crippen molar-refractivity contribution in [2.45, 2.75) is 19.5 Å². The number of amidine groups is 1. The van der Waals surface area contributed by atoms with Gasteiger partial charge in [-0.1, -0.05) is 23.4 Å². The van der Waals surface area contributed by atoms with Gasteiger partial charge in [-0.2, -0.15) is 5.10 Å². The second kappa shape index (κ2) is 5.27. The number of nitrogens with zero attached hydrogens (tertiary/aromatic N) is 4. The van der Waals surface area contributed by atoms with E-state index < -0.39 is 0 Å². The van der Waals surface area contributed by atoms with E-state index in [0.717, 1.165) is 16.6 Å². The van der Waals surface area contributed by atoms with E-state index in [1.54, 1.807) is 0 Å². The molecule has 0 aliphatic rings. The summed E-state index contributed by atoms with van der Waals surface area (Å²) in [6.07, 6.45) is 0. The van der Waals surface area contributed by atoms with E-state index in [9.17, 15) is 0 Å².